The number of nitrogens with zero attached hydrogens (tertiary/aromatic N) is 1. The molecular formula is C26H25NO. The Morgan fingerprint density at radius 2 is 1.18 bits per heavy atom. The minimum Gasteiger partial charge on any atom is -0.377 e. The Hall–Kier alpha value is -2.86. The molecule has 1 N–H and O–H groups in total. The molecule has 2 heteroatoms. The van der Waals surface area contributed by atoms with Gasteiger partial charge in [-0.15, -0.1) is 0 Å². The molecule has 1 heterocycles. The summed E-state index contributed by atoms with van der Waals surface area (Å²) < 4.78 is 0. The number of likely N-dealkylation sites (tertiary alicyclic amines) is 1. The number of rotatable bonds is 2. The van der Waals surface area contributed by atoms with E-state index in [-0.39, 0.29) is 12.1 Å². The van der Waals surface area contributed by atoms with Crippen LogP contribution < -0.4 is 0 Å². The molecule has 1 fully saturated rings. The average Bonchev–Trinajstić information content (AvgIpc) is 2.76. The molecule has 0 bridgehead atoms. The van der Waals surface area contributed by atoms with Gasteiger partial charge in [0.2, 0.25) is 0 Å². The Morgan fingerprint density at radius 1 is 0.750 bits per heavy atom. The molecule has 1 saturated heterocycles. The Bertz CT molecular complexity index is 907. The van der Waals surface area contributed by atoms with Crippen LogP contribution in [0.15, 0.2) is 91.0 Å². The van der Waals surface area contributed by atoms with E-state index in [1.165, 1.54) is 11.1 Å². The molecule has 0 spiro atoms. The van der Waals surface area contributed by atoms with E-state index >= 15 is 0 Å². The molecular weight excluding hydrogens is 342 g/mol. The summed E-state index contributed by atoms with van der Waals surface area (Å²) in [6.07, 6.45) is 1.19. The highest BCUT2D eigenvalue weighted by Gasteiger charge is 2.42. The molecule has 0 saturated carbocycles. The van der Waals surface area contributed by atoms with Gasteiger partial charge in [-0.3, -0.25) is 4.90 Å². The van der Waals surface area contributed by atoms with Crippen molar-refractivity contribution in [1.82, 2.24) is 4.90 Å². The number of aliphatic hydroxyl groups is 1. The minimum atomic E-state index is -1.04. The monoisotopic (exact) mass is 367 g/mol. The quantitative estimate of drug-likeness (QED) is 0.646. The smallest absolute Gasteiger partial charge is 0.129 e. The molecule has 0 aromatic heterocycles. The van der Waals surface area contributed by atoms with Crippen molar-refractivity contribution in [2.24, 2.45) is 0 Å². The molecule has 4 rings (SSSR count). The standard InChI is InChI=1S/C26H25NO/c1-27-24(22-13-7-3-8-14-22)19-26(28,18-17-21-11-5-2-6-12-21)20-25(27)23-15-9-4-10-16-23/h2-16,24-25,28H,19-20H2,1H3/t24-,25-/m1/s1. The van der Waals surface area contributed by atoms with E-state index in [1.807, 2.05) is 42.5 Å². The SMILES string of the molecule is CN1[C@@H](c2ccccc2)CC(O)(C#Cc2ccccc2)C[C@@H]1c1ccccc1. The molecule has 1 aliphatic heterocycles. The maximum atomic E-state index is 11.5. The van der Waals surface area contributed by atoms with Crippen LogP contribution >= 0.6 is 0 Å². The fourth-order valence-electron chi connectivity index (χ4n) is 4.10. The van der Waals surface area contributed by atoms with Gasteiger partial charge >= 0.3 is 0 Å². The van der Waals surface area contributed by atoms with Crippen LogP contribution in [0.2, 0.25) is 0 Å². The molecule has 140 valence electrons. The summed E-state index contributed by atoms with van der Waals surface area (Å²) in [4.78, 5) is 2.38. The predicted octanol–water partition coefficient (Wildman–Crippen LogP) is 4.98. The normalized spacial score (nSPS) is 24.9. The van der Waals surface area contributed by atoms with Gasteiger partial charge in [0.05, 0.1) is 0 Å². The second-order valence-electron chi connectivity index (χ2n) is 7.57. The Balaban J connectivity index is 1.72. The van der Waals surface area contributed by atoms with Crippen molar-refractivity contribution >= 4 is 0 Å². The van der Waals surface area contributed by atoms with Crippen LogP contribution in [0.25, 0.3) is 0 Å². The van der Waals surface area contributed by atoms with Crippen molar-refractivity contribution < 1.29 is 5.11 Å². The lowest BCUT2D eigenvalue weighted by molar-refractivity contribution is -0.0299. The Morgan fingerprint density at radius 3 is 1.64 bits per heavy atom. The second kappa shape index (κ2) is 8.02. The molecule has 2 nitrogen and oxygen atoms in total. The van der Waals surface area contributed by atoms with E-state index in [1.54, 1.807) is 0 Å². The van der Waals surface area contributed by atoms with Gasteiger partial charge in [-0.2, -0.15) is 0 Å². The maximum absolute atomic E-state index is 11.5. The summed E-state index contributed by atoms with van der Waals surface area (Å²) in [7, 11) is 2.15. The second-order valence-corrected chi connectivity index (χ2v) is 7.57. The molecule has 3 aromatic carbocycles. The number of hydrogen-bond donors (Lipinski definition) is 1. The lowest BCUT2D eigenvalue weighted by Gasteiger charge is -2.46. The summed E-state index contributed by atoms with van der Waals surface area (Å²) in [5.74, 6) is 6.41. The van der Waals surface area contributed by atoms with Gasteiger partial charge in [0.1, 0.15) is 5.60 Å². The molecule has 0 aliphatic carbocycles. The van der Waals surface area contributed by atoms with E-state index in [4.69, 9.17) is 0 Å². The third-order valence-electron chi connectivity index (χ3n) is 5.63. The van der Waals surface area contributed by atoms with Crippen molar-refractivity contribution in [3.63, 3.8) is 0 Å². The highest BCUT2D eigenvalue weighted by Crippen LogP contribution is 2.44. The van der Waals surface area contributed by atoms with Crippen molar-refractivity contribution in [2.45, 2.75) is 30.5 Å². The van der Waals surface area contributed by atoms with Gasteiger partial charge in [0.25, 0.3) is 0 Å². The van der Waals surface area contributed by atoms with Crippen molar-refractivity contribution in [2.75, 3.05) is 7.05 Å². The highest BCUT2D eigenvalue weighted by molar-refractivity contribution is 5.37. The van der Waals surface area contributed by atoms with E-state index < -0.39 is 5.60 Å². The van der Waals surface area contributed by atoms with E-state index in [2.05, 4.69) is 72.3 Å². The van der Waals surface area contributed by atoms with Gasteiger partial charge in [0, 0.05) is 30.5 Å². The predicted molar refractivity (Wildman–Crippen MR) is 114 cm³/mol. The molecule has 0 amide bonds. The topological polar surface area (TPSA) is 23.5 Å². The van der Waals surface area contributed by atoms with Crippen molar-refractivity contribution in [1.29, 1.82) is 0 Å². The van der Waals surface area contributed by atoms with Crippen LogP contribution in [0.5, 0.6) is 0 Å². The zero-order chi connectivity index (χ0) is 19.4. The zero-order valence-corrected chi connectivity index (χ0v) is 16.1. The summed E-state index contributed by atoms with van der Waals surface area (Å²) in [6.45, 7) is 0. The van der Waals surface area contributed by atoms with Gasteiger partial charge < -0.3 is 5.11 Å². The first-order valence-corrected chi connectivity index (χ1v) is 9.77. The van der Waals surface area contributed by atoms with Crippen LogP contribution in [0.1, 0.15) is 41.6 Å². The Kier molecular flexibility index (Phi) is 5.30. The van der Waals surface area contributed by atoms with Crippen LogP contribution in [0.3, 0.4) is 0 Å². The van der Waals surface area contributed by atoms with Gasteiger partial charge in [-0.1, -0.05) is 90.7 Å². The van der Waals surface area contributed by atoms with Crippen LogP contribution in [-0.4, -0.2) is 22.7 Å². The first-order valence-electron chi connectivity index (χ1n) is 9.77. The van der Waals surface area contributed by atoms with Crippen molar-refractivity contribution in [3.05, 3.63) is 108 Å². The average molecular weight is 367 g/mol. The Labute approximate surface area is 167 Å². The summed E-state index contributed by atoms with van der Waals surface area (Å²) in [5, 5.41) is 11.5. The fraction of sp³-hybridized carbons (Fsp3) is 0.231. The first kappa shape index (κ1) is 18.5. The fourth-order valence-corrected chi connectivity index (χ4v) is 4.10. The summed E-state index contributed by atoms with van der Waals surface area (Å²) in [6, 6.07) is 31.0. The van der Waals surface area contributed by atoms with Gasteiger partial charge in [0.15, 0.2) is 0 Å². The van der Waals surface area contributed by atoms with Gasteiger partial charge in [-0.05, 0) is 30.3 Å². The molecule has 3 aromatic rings. The van der Waals surface area contributed by atoms with Crippen molar-refractivity contribution in [3.8, 4) is 11.8 Å². The lowest BCUT2D eigenvalue weighted by atomic mass is 9.78. The highest BCUT2D eigenvalue weighted by atomic mass is 16.3. The number of hydrogen-bond acceptors (Lipinski definition) is 2. The van der Waals surface area contributed by atoms with E-state index in [9.17, 15) is 5.11 Å². The third kappa shape index (κ3) is 4.02. The van der Waals surface area contributed by atoms with E-state index in [0.29, 0.717) is 12.8 Å². The summed E-state index contributed by atoms with van der Waals surface area (Å²) in [5.41, 5.74) is 2.32. The van der Waals surface area contributed by atoms with Crippen LogP contribution in [0, 0.1) is 11.8 Å². The van der Waals surface area contributed by atoms with E-state index in [0.717, 1.165) is 5.56 Å². The maximum Gasteiger partial charge on any atom is 0.129 e. The largest absolute Gasteiger partial charge is 0.377 e. The lowest BCUT2D eigenvalue weighted by Crippen LogP contribution is -2.45. The first-order chi connectivity index (χ1) is 13.6. The molecule has 1 aliphatic rings. The van der Waals surface area contributed by atoms with Crippen LogP contribution in [-0.2, 0) is 0 Å². The zero-order valence-electron chi connectivity index (χ0n) is 16.1. The van der Waals surface area contributed by atoms with Gasteiger partial charge in [-0.25, -0.2) is 0 Å². The number of benzene rings is 3. The summed E-state index contributed by atoms with van der Waals surface area (Å²) >= 11 is 0. The molecule has 0 unspecified atom stereocenters. The minimum absolute atomic E-state index is 0.107. The third-order valence-corrected chi connectivity index (χ3v) is 5.63. The molecule has 0 radical (unpaired) electrons. The number of piperidine rings is 1. The molecule has 28 heavy (non-hydrogen) atoms. The van der Waals surface area contributed by atoms with Crippen LogP contribution in [0.4, 0.5) is 0 Å². The molecule has 2 atom stereocenters.